The van der Waals surface area contributed by atoms with Crippen LogP contribution in [0.15, 0.2) is 0 Å². The Kier molecular flexibility index (Phi) is 5.44. The molecule has 5 nitrogen and oxygen atoms in total. The Balaban J connectivity index is 2.48. The summed E-state index contributed by atoms with van der Waals surface area (Å²) in [4.78, 5) is 24.5. The van der Waals surface area contributed by atoms with E-state index in [0.717, 1.165) is 31.6 Å². The monoisotopic (exact) mass is 256 g/mol. The highest BCUT2D eigenvalue weighted by atomic mass is 16.4. The van der Waals surface area contributed by atoms with Crippen LogP contribution in [-0.4, -0.2) is 41.1 Å². The molecule has 2 N–H and O–H groups in total. The van der Waals surface area contributed by atoms with Crippen molar-refractivity contribution in [3.05, 3.63) is 0 Å². The lowest BCUT2D eigenvalue weighted by Crippen LogP contribution is -2.50. The van der Waals surface area contributed by atoms with E-state index in [1.807, 2.05) is 0 Å². The number of carbonyl (C=O) groups excluding carboxylic acids is 1. The molecule has 0 spiro atoms. The Morgan fingerprint density at radius 3 is 2.33 bits per heavy atom. The van der Waals surface area contributed by atoms with Crippen LogP contribution in [0.5, 0.6) is 0 Å². The van der Waals surface area contributed by atoms with Crippen LogP contribution >= 0.6 is 0 Å². The van der Waals surface area contributed by atoms with Crippen LogP contribution in [0.3, 0.4) is 0 Å². The van der Waals surface area contributed by atoms with Gasteiger partial charge in [-0.05, 0) is 38.0 Å². The predicted molar refractivity (Wildman–Crippen MR) is 69.4 cm³/mol. The predicted octanol–water partition coefficient (Wildman–Crippen LogP) is 2.07. The second-order valence-electron chi connectivity index (χ2n) is 5.27. The van der Waals surface area contributed by atoms with Gasteiger partial charge in [0, 0.05) is 13.1 Å². The molecule has 1 saturated carbocycles. The molecule has 0 aromatic carbocycles. The molecule has 1 fully saturated rings. The minimum absolute atomic E-state index is 0.243. The molecule has 0 aromatic rings. The SMILES string of the molecule is CCC(NC(=O)N(C)C1CCC(C)CC1)C(=O)O. The van der Waals surface area contributed by atoms with E-state index in [4.69, 9.17) is 5.11 Å². The van der Waals surface area contributed by atoms with Crippen LogP contribution < -0.4 is 5.32 Å². The molecule has 1 rings (SSSR count). The number of nitrogens with zero attached hydrogens (tertiary/aromatic N) is 1. The van der Waals surface area contributed by atoms with Gasteiger partial charge in [0.25, 0.3) is 0 Å². The third-order valence-electron chi connectivity index (χ3n) is 3.86. The van der Waals surface area contributed by atoms with Gasteiger partial charge in [-0.25, -0.2) is 9.59 Å². The second kappa shape index (κ2) is 6.61. The summed E-state index contributed by atoms with van der Waals surface area (Å²) in [5.41, 5.74) is 0. The van der Waals surface area contributed by atoms with E-state index in [1.54, 1.807) is 18.9 Å². The van der Waals surface area contributed by atoms with Crippen molar-refractivity contribution in [2.24, 2.45) is 5.92 Å². The Hall–Kier alpha value is -1.26. The summed E-state index contributed by atoms with van der Waals surface area (Å²) in [6, 6.07) is -0.821. The van der Waals surface area contributed by atoms with Crippen molar-refractivity contribution in [2.45, 2.75) is 58.0 Å². The van der Waals surface area contributed by atoms with Crippen molar-refractivity contribution >= 4 is 12.0 Å². The average molecular weight is 256 g/mol. The largest absolute Gasteiger partial charge is 0.480 e. The molecule has 1 unspecified atom stereocenters. The maximum atomic E-state index is 11.9. The summed E-state index contributed by atoms with van der Waals surface area (Å²) in [5, 5.41) is 11.5. The van der Waals surface area contributed by atoms with Gasteiger partial charge in [0.2, 0.25) is 0 Å². The van der Waals surface area contributed by atoms with Gasteiger partial charge in [0.1, 0.15) is 6.04 Å². The highest BCUT2D eigenvalue weighted by Gasteiger charge is 2.27. The van der Waals surface area contributed by atoms with Crippen molar-refractivity contribution in [2.75, 3.05) is 7.05 Å². The van der Waals surface area contributed by atoms with Crippen LogP contribution in [0, 0.1) is 5.92 Å². The first-order chi connectivity index (χ1) is 8.45. The smallest absolute Gasteiger partial charge is 0.326 e. The number of hydrogen-bond donors (Lipinski definition) is 2. The van der Waals surface area contributed by atoms with Crippen molar-refractivity contribution in [3.63, 3.8) is 0 Å². The number of carbonyl (C=O) groups is 2. The van der Waals surface area contributed by atoms with Crippen molar-refractivity contribution in [3.8, 4) is 0 Å². The zero-order valence-electron chi connectivity index (χ0n) is 11.5. The minimum atomic E-state index is -0.975. The number of amides is 2. The first-order valence-corrected chi connectivity index (χ1v) is 6.71. The Morgan fingerprint density at radius 1 is 1.33 bits per heavy atom. The summed E-state index contributed by atoms with van der Waals surface area (Å²) < 4.78 is 0. The van der Waals surface area contributed by atoms with Crippen LogP contribution in [0.25, 0.3) is 0 Å². The molecule has 0 saturated heterocycles. The summed E-state index contributed by atoms with van der Waals surface area (Å²) >= 11 is 0. The topological polar surface area (TPSA) is 69.6 Å². The van der Waals surface area contributed by atoms with Gasteiger partial charge < -0.3 is 15.3 Å². The number of aliphatic carboxylic acids is 1. The van der Waals surface area contributed by atoms with E-state index in [-0.39, 0.29) is 12.1 Å². The summed E-state index contributed by atoms with van der Waals surface area (Å²) in [7, 11) is 1.75. The van der Waals surface area contributed by atoms with E-state index in [9.17, 15) is 9.59 Å². The fourth-order valence-corrected chi connectivity index (χ4v) is 2.38. The van der Waals surface area contributed by atoms with E-state index >= 15 is 0 Å². The Morgan fingerprint density at radius 2 is 1.89 bits per heavy atom. The molecular formula is C13H24N2O3. The lowest BCUT2D eigenvalue weighted by atomic mass is 9.87. The molecule has 0 aliphatic heterocycles. The fraction of sp³-hybridized carbons (Fsp3) is 0.846. The van der Waals surface area contributed by atoms with E-state index in [0.29, 0.717) is 6.42 Å². The van der Waals surface area contributed by atoms with E-state index < -0.39 is 12.0 Å². The second-order valence-corrected chi connectivity index (χ2v) is 5.27. The van der Waals surface area contributed by atoms with Crippen LogP contribution in [0.4, 0.5) is 4.79 Å². The first-order valence-electron chi connectivity index (χ1n) is 6.71. The maximum absolute atomic E-state index is 11.9. The van der Waals surface area contributed by atoms with Crippen LogP contribution in [0.1, 0.15) is 46.0 Å². The Labute approximate surface area is 109 Å². The van der Waals surface area contributed by atoms with Gasteiger partial charge in [0.05, 0.1) is 0 Å². The zero-order chi connectivity index (χ0) is 13.7. The standard InChI is InChI=1S/C13H24N2O3/c1-4-11(12(16)17)14-13(18)15(3)10-7-5-9(2)6-8-10/h9-11H,4-8H2,1-3H3,(H,14,18)(H,16,17). The molecule has 0 aromatic heterocycles. The molecule has 1 atom stereocenters. The molecule has 1 aliphatic rings. The third kappa shape index (κ3) is 3.89. The molecule has 18 heavy (non-hydrogen) atoms. The molecule has 104 valence electrons. The third-order valence-corrected chi connectivity index (χ3v) is 3.86. The van der Waals surface area contributed by atoms with Gasteiger partial charge in [0.15, 0.2) is 0 Å². The summed E-state index contributed by atoms with van der Waals surface area (Å²) in [6.07, 6.45) is 4.69. The minimum Gasteiger partial charge on any atom is -0.480 e. The van der Waals surface area contributed by atoms with Gasteiger partial charge in [-0.15, -0.1) is 0 Å². The quantitative estimate of drug-likeness (QED) is 0.809. The lowest BCUT2D eigenvalue weighted by molar-refractivity contribution is -0.139. The summed E-state index contributed by atoms with van der Waals surface area (Å²) in [6.45, 7) is 3.98. The van der Waals surface area contributed by atoms with Gasteiger partial charge in [-0.1, -0.05) is 13.8 Å². The molecular weight excluding hydrogens is 232 g/mol. The van der Waals surface area contributed by atoms with Crippen molar-refractivity contribution in [1.29, 1.82) is 0 Å². The normalized spacial score (nSPS) is 25.3. The number of carboxylic acids is 1. The Bertz CT molecular complexity index is 299. The average Bonchev–Trinajstić information content (AvgIpc) is 2.35. The molecule has 0 radical (unpaired) electrons. The molecule has 2 amide bonds. The van der Waals surface area contributed by atoms with Crippen LogP contribution in [0.2, 0.25) is 0 Å². The molecule has 0 bridgehead atoms. The molecule has 1 aliphatic carbocycles. The summed E-state index contributed by atoms with van der Waals surface area (Å²) in [5.74, 6) is -0.239. The fourth-order valence-electron chi connectivity index (χ4n) is 2.38. The van der Waals surface area contributed by atoms with Gasteiger partial charge >= 0.3 is 12.0 Å². The lowest BCUT2D eigenvalue weighted by Gasteiger charge is -2.34. The van der Waals surface area contributed by atoms with Gasteiger partial charge in [-0.3, -0.25) is 0 Å². The number of carboxylic acid groups (broad SMARTS) is 1. The number of nitrogens with one attached hydrogen (secondary N) is 1. The van der Waals surface area contributed by atoms with Crippen LogP contribution in [-0.2, 0) is 4.79 Å². The molecule has 5 heteroatoms. The number of rotatable bonds is 4. The zero-order valence-corrected chi connectivity index (χ0v) is 11.5. The van der Waals surface area contributed by atoms with Crippen molar-refractivity contribution < 1.29 is 14.7 Å². The first kappa shape index (κ1) is 14.8. The van der Waals surface area contributed by atoms with E-state index in [2.05, 4.69) is 12.2 Å². The van der Waals surface area contributed by atoms with Crippen molar-refractivity contribution in [1.82, 2.24) is 10.2 Å². The van der Waals surface area contributed by atoms with E-state index in [1.165, 1.54) is 0 Å². The maximum Gasteiger partial charge on any atom is 0.326 e. The highest BCUT2D eigenvalue weighted by Crippen LogP contribution is 2.26. The number of hydrogen-bond acceptors (Lipinski definition) is 2. The number of urea groups is 1. The van der Waals surface area contributed by atoms with Gasteiger partial charge in [-0.2, -0.15) is 0 Å². The molecule has 0 heterocycles. The highest BCUT2D eigenvalue weighted by molar-refractivity contribution is 5.82.